The molecule has 0 aliphatic carbocycles. The second kappa shape index (κ2) is 4.78. The molecular weight excluding hydrogens is 214 g/mol. The first-order chi connectivity index (χ1) is 8.19. The van der Waals surface area contributed by atoms with Crippen LogP contribution in [0.3, 0.4) is 0 Å². The predicted molar refractivity (Wildman–Crippen MR) is 68.3 cm³/mol. The SMILES string of the molecule is CCOC(=O)C1CN1c1c(C)cccc1CC. The average Bonchev–Trinajstić information content (AvgIpc) is 3.08. The quantitative estimate of drug-likeness (QED) is 0.590. The fourth-order valence-corrected chi connectivity index (χ4v) is 2.24. The van der Waals surface area contributed by atoms with Crippen molar-refractivity contribution in [3.05, 3.63) is 29.3 Å². The van der Waals surface area contributed by atoms with Crippen LogP contribution < -0.4 is 4.90 Å². The first-order valence-corrected chi connectivity index (χ1v) is 6.20. The van der Waals surface area contributed by atoms with Crippen LogP contribution >= 0.6 is 0 Å². The molecular formula is C14H19NO2. The largest absolute Gasteiger partial charge is 0.464 e. The molecule has 1 aliphatic rings. The lowest BCUT2D eigenvalue weighted by molar-refractivity contribution is -0.142. The van der Waals surface area contributed by atoms with Gasteiger partial charge in [-0.05, 0) is 31.4 Å². The summed E-state index contributed by atoms with van der Waals surface area (Å²) < 4.78 is 5.05. The van der Waals surface area contributed by atoms with Gasteiger partial charge in [0.1, 0.15) is 6.04 Å². The maximum Gasteiger partial charge on any atom is 0.330 e. The molecule has 17 heavy (non-hydrogen) atoms. The standard InChI is InChI=1S/C14H19NO2/c1-4-11-8-6-7-10(3)13(11)15-9-12(15)14(16)17-5-2/h6-8,12H,4-5,9H2,1-3H3. The lowest BCUT2D eigenvalue weighted by Crippen LogP contribution is -2.16. The van der Waals surface area contributed by atoms with Crippen molar-refractivity contribution in [1.82, 2.24) is 0 Å². The third-order valence-electron chi connectivity index (χ3n) is 3.16. The van der Waals surface area contributed by atoms with Gasteiger partial charge < -0.3 is 9.64 Å². The van der Waals surface area contributed by atoms with Crippen LogP contribution in [0.4, 0.5) is 5.69 Å². The van der Waals surface area contributed by atoms with Crippen molar-refractivity contribution < 1.29 is 9.53 Å². The number of anilines is 1. The Balaban J connectivity index is 2.18. The number of hydrogen-bond donors (Lipinski definition) is 0. The zero-order chi connectivity index (χ0) is 12.4. The predicted octanol–water partition coefficient (Wildman–Crippen LogP) is 2.31. The summed E-state index contributed by atoms with van der Waals surface area (Å²) in [4.78, 5) is 13.8. The van der Waals surface area contributed by atoms with E-state index < -0.39 is 0 Å². The van der Waals surface area contributed by atoms with E-state index in [0.29, 0.717) is 6.61 Å². The summed E-state index contributed by atoms with van der Waals surface area (Å²) in [5.74, 6) is -0.0993. The molecule has 92 valence electrons. The lowest BCUT2D eigenvalue weighted by atomic mass is 10.1. The van der Waals surface area contributed by atoms with Gasteiger partial charge in [0, 0.05) is 5.69 Å². The topological polar surface area (TPSA) is 29.3 Å². The van der Waals surface area contributed by atoms with E-state index in [0.717, 1.165) is 13.0 Å². The van der Waals surface area contributed by atoms with Crippen molar-refractivity contribution in [3.8, 4) is 0 Å². The van der Waals surface area contributed by atoms with Crippen LogP contribution in [-0.2, 0) is 16.0 Å². The van der Waals surface area contributed by atoms with E-state index in [9.17, 15) is 4.79 Å². The van der Waals surface area contributed by atoms with Gasteiger partial charge in [-0.1, -0.05) is 25.1 Å². The van der Waals surface area contributed by atoms with Crippen LogP contribution in [0.2, 0.25) is 0 Å². The van der Waals surface area contributed by atoms with Gasteiger partial charge in [0.25, 0.3) is 0 Å². The van der Waals surface area contributed by atoms with E-state index in [-0.39, 0.29) is 12.0 Å². The van der Waals surface area contributed by atoms with Crippen molar-refractivity contribution in [2.45, 2.75) is 33.2 Å². The fraction of sp³-hybridized carbons (Fsp3) is 0.500. The summed E-state index contributed by atoms with van der Waals surface area (Å²) in [6, 6.07) is 6.22. The number of esters is 1. The second-order valence-corrected chi connectivity index (χ2v) is 4.36. The first-order valence-electron chi connectivity index (χ1n) is 6.20. The molecule has 1 aliphatic heterocycles. The van der Waals surface area contributed by atoms with E-state index in [4.69, 9.17) is 4.74 Å². The molecule has 0 N–H and O–H groups in total. The van der Waals surface area contributed by atoms with E-state index in [1.54, 1.807) is 0 Å². The first kappa shape index (κ1) is 12.0. The lowest BCUT2D eigenvalue weighted by Gasteiger charge is -2.13. The van der Waals surface area contributed by atoms with Gasteiger partial charge in [0.05, 0.1) is 13.2 Å². The molecule has 2 rings (SSSR count). The van der Waals surface area contributed by atoms with Gasteiger partial charge >= 0.3 is 5.97 Å². The number of ether oxygens (including phenoxy) is 1. The highest BCUT2D eigenvalue weighted by atomic mass is 16.5. The van der Waals surface area contributed by atoms with Crippen molar-refractivity contribution in [2.75, 3.05) is 18.1 Å². The molecule has 1 fully saturated rings. The fourth-order valence-electron chi connectivity index (χ4n) is 2.24. The van der Waals surface area contributed by atoms with E-state index in [1.165, 1.54) is 16.8 Å². The summed E-state index contributed by atoms with van der Waals surface area (Å²) in [5, 5.41) is 0. The van der Waals surface area contributed by atoms with Crippen LogP contribution in [0, 0.1) is 6.92 Å². The minimum atomic E-state index is -0.0993. The number of aryl methyl sites for hydroxylation is 2. The van der Waals surface area contributed by atoms with Gasteiger partial charge in [-0.2, -0.15) is 0 Å². The van der Waals surface area contributed by atoms with Gasteiger partial charge in [-0.15, -0.1) is 0 Å². The summed E-state index contributed by atoms with van der Waals surface area (Å²) in [6.07, 6.45) is 0.989. The zero-order valence-electron chi connectivity index (χ0n) is 10.7. The van der Waals surface area contributed by atoms with Crippen LogP contribution in [0.25, 0.3) is 0 Å². The third kappa shape index (κ3) is 2.28. The number of carbonyl (C=O) groups is 1. The van der Waals surface area contributed by atoms with Gasteiger partial charge in [-0.3, -0.25) is 0 Å². The summed E-state index contributed by atoms with van der Waals surface area (Å²) >= 11 is 0. The van der Waals surface area contributed by atoms with Crippen molar-refractivity contribution >= 4 is 11.7 Å². The molecule has 1 heterocycles. The van der Waals surface area contributed by atoms with Gasteiger partial charge in [0.2, 0.25) is 0 Å². The molecule has 0 amide bonds. The molecule has 0 spiro atoms. The zero-order valence-corrected chi connectivity index (χ0v) is 10.7. The smallest absolute Gasteiger partial charge is 0.330 e. The Morgan fingerprint density at radius 1 is 1.47 bits per heavy atom. The number of hydrogen-bond acceptors (Lipinski definition) is 3. The highest BCUT2D eigenvalue weighted by molar-refractivity contribution is 5.87. The molecule has 1 atom stereocenters. The van der Waals surface area contributed by atoms with Gasteiger partial charge in [-0.25, -0.2) is 4.79 Å². The molecule has 1 aromatic rings. The Hall–Kier alpha value is -1.51. The molecule has 1 saturated heterocycles. The maximum atomic E-state index is 11.6. The third-order valence-corrected chi connectivity index (χ3v) is 3.16. The molecule has 3 heteroatoms. The summed E-state index contributed by atoms with van der Waals surface area (Å²) in [6.45, 7) is 7.32. The average molecular weight is 233 g/mol. The number of carbonyl (C=O) groups excluding carboxylic acids is 1. The number of para-hydroxylation sites is 1. The number of benzene rings is 1. The number of nitrogens with zero attached hydrogens (tertiary/aromatic N) is 1. The normalized spacial score (nSPS) is 18.1. The van der Waals surface area contributed by atoms with Crippen molar-refractivity contribution in [1.29, 1.82) is 0 Å². The summed E-state index contributed by atoms with van der Waals surface area (Å²) in [5.41, 5.74) is 3.75. The van der Waals surface area contributed by atoms with Crippen LogP contribution in [0.15, 0.2) is 18.2 Å². The van der Waals surface area contributed by atoms with Crippen molar-refractivity contribution in [3.63, 3.8) is 0 Å². The molecule has 1 unspecified atom stereocenters. The Morgan fingerprint density at radius 3 is 2.88 bits per heavy atom. The molecule has 0 bridgehead atoms. The van der Waals surface area contributed by atoms with Crippen LogP contribution in [0.5, 0.6) is 0 Å². The van der Waals surface area contributed by atoms with E-state index in [2.05, 4.69) is 36.9 Å². The minimum Gasteiger partial charge on any atom is -0.464 e. The Kier molecular flexibility index (Phi) is 3.36. The second-order valence-electron chi connectivity index (χ2n) is 4.36. The Morgan fingerprint density at radius 2 is 2.24 bits per heavy atom. The maximum absolute atomic E-state index is 11.6. The van der Waals surface area contributed by atoms with E-state index in [1.807, 2.05) is 6.92 Å². The highest BCUT2D eigenvalue weighted by Crippen LogP contribution is 2.34. The van der Waals surface area contributed by atoms with Gasteiger partial charge in [0.15, 0.2) is 0 Å². The Labute approximate surface area is 102 Å². The monoisotopic (exact) mass is 233 g/mol. The molecule has 0 aromatic heterocycles. The molecule has 1 aromatic carbocycles. The van der Waals surface area contributed by atoms with Crippen LogP contribution in [0.1, 0.15) is 25.0 Å². The highest BCUT2D eigenvalue weighted by Gasteiger charge is 2.43. The van der Waals surface area contributed by atoms with Crippen LogP contribution in [-0.4, -0.2) is 25.2 Å². The number of rotatable bonds is 4. The molecule has 3 nitrogen and oxygen atoms in total. The molecule has 0 radical (unpaired) electrons. The minimum absolute atomic E-state index is 0.0682. The van der Waals surface area contributed by atoms with Crippen molar-refractivity contribution in [2.24, 2.45) is 0 Å². The summed E-state index contributed by atoms with van der Waals surface area (Å²) in [7, 11) is 0. The van der Waals surface area contributed by atoms with E-state index >= 15 is 0 Å². The Bertz CT molecular complexity index is 428. The molecule has 0 saturated carbocycles.